The van der Waals surface area contributed by atoms with E-state index in [-0.39, 0.29) is 35.8 Å². The molecule has 0 N–H and O–H groups in total. The average Bonchev–Trinajstić information content (AvgIpc) is 3.56. The maximum absolute atomic E-state index is 13.0. The highest BCUT2D eigenvalue weighted by Gasteiger charge is 2.51. The number of ether oxygens (including phenoxy) is 1. The minimum Gasteiger partial charge on any atom is -0.376 e. The first kappa shape index (κ1) is 20.9. The molecule has 0 saturated carbocycles. The van der Waals surface area contributed by atoms with Crippen LogP contribution in [-0.4, -0.2) is 87.5 Å². The van der Waals surface area contributed by atoms with Gasteiger partial charge in [0.15, 0.2) is 0 Å². The van der Waals surface area contributed by atoms with Gasteiger partial charge < -0.3 is 19.1 Å². The SMILES string of the molecule is Cn1cncc1CN1C[C@@H](CC(=O)N2CCCC2)[C@H]2[C@H](CC(=O)N3CCCC3)OC[C@H]21. The molecule has 8 nitrogen and oxygen atoms in total. The maximum Gasteiger partial charge on any atom is 0.225 e. The highest BCUT2D eigenvalue weighted by Crippen LogP contribution is 2.42. The first-order valence-corrected chi connectivity index (χ1v) is 12.0. The molecule has 8 heteroatoms. The monoisotopic (exact) mass is 429 g/mol. The Labute approximate surface area is 184 Å². The fraction of sp³-hybridized carbons (Fsp3) is 0.783. The van der Waals surface area contributed by atoms with E-state index in [1.54, 1.807) is 0 Å². The minimum absolute atomic E-state index is 0.0778. The van der Waals surface area contributed by atoms with Gasteiger partial charge in [-0.15, -0.1) is 0 Å². The molecule has 0 aliphatic carbocycles. The number of nitrogens with zero attached hydrogens (tertiary/aromatic N) is 5. The Bertz CT molecular complexity index is 799. The summed E-state index contributed by atoms with van der Waals surface area (Å²) in [6, 6.07) is 0.266. The van der Waals surface area contributed by atoms with Crippen molar-refractivity contribution >= 4 is 11.8 Å². The van der Waals surface area contributed by atoms with Crippen LogP contribution in [0.4, 0.5) is 0 Å². The van der Waals surface area contributed by atoms with Crippen LogP contribution < -0.4 is 0 Å². The number of carbonyl (C=O) groups excluding carboxylic acids is 2. The zero-order chi connectivity index (χ0) is 21.4. The molecule has 0 bridgehead atoms. The molecule has 31 heavy (non-hydrogen) atoms. The minimum atomic E-state index is -0.0778. The Hall–Kier alpha value is -1.93. The predicted octanol–water partition coefficient (Wildman–Crippen LogP) is 1.26. The lowest BCUT2D eigenvalue weighted by atomic mass is 9.84. The molecule has 170 valence electrons. The fourth-order valence-electron chi connectivity index (χ4n) is 6.13. The van der Waals surface area contributed by atoms with E-state index in [1.165, 1.54) is 5.69 Å². The van der Waals surface area contributed by atoms with Gasteiger partial charge in [-0.1, -0.05) is 0 Å². The summed E-state index contributed by atoms with van der Waals surface area (Å²) in [5.74, 6) is 0.981. The van der Waals surface area contributed by atoms with Gasteiger partial charge in [-0.3, -0.25) is 14.5 Å². The van der Waals surface area contributed by atoms with Crippen molar-refractivity contribution in [1.29, 1.82) is 0 Å². The third kappa shape index (κ3) is 4.24. The molecular weight excluding hydrogens is 394 g/mol. The van der Waals surface area contributed by atoms with Gasteiger partial charge >= 0.3 is 0 Å². The third-order valence-corrected chi connectivity index (χ3v) is 7.85. The van der Waals surface area contributed by atoms with E-state index in [0.717, 1.165) is 65.0 Å². The standard InChI is InChI=1S/C23H35N5O3/c1-25-16-24-12-18(25)14-28-13-17(10-21(29)26-6-2-3-7-26)23-19(28)15-31-20(23)11-22(30)27-8-4-5-9-27/h12,16-17,19-20,23H,2-11,13-15H2,1H3/t17-,19-,20+,23-/m1/s1. The lowest BCUT2D eigenvalue weighted by molar-refractivity contribution is -0.133. The molecule has 0 spiro atoms. The fourth-order valence-corrected chi connectivity index (χ4v) is 6.13. The number of imidazole rings is 1. The number of amides is 2. The van der Waals surface area contributed by atoms with Crippen molar-refractivity contribution in [2.24, 2.45) is 18.9 Å². The van der Waals surface area contributed by atoms with E-state index in [9.17, 15) is 9.59 Å². The molecule has 5 heterocycles. The van der Waals surface area contributed by atoms with Gasteiger partial charge in [0.2, 0.25) is 11.8 Å². The molecule has 4 aliphatic rings. The van der Waals surface area contributed by atoms with Crippen LogP contribution in [0.1, 0.15) is 44.2 Å². The zero-order valence-electron chi connectivity index (χ0n) is 18.6. The number of rotatable bonds is 6. The summed E-state index contributed by atoms with van der Waals surface area (Å²) >= 11 is 0. The number of aromatic nitrogens is 2. The Balaban J connectivity index is 1.31. The van der Waals surface area contributed by atoms with Crippen LogP contribution in [0, 0.1) is 11.8 Å². The normalized spacial score (nSPS) is 31.0. The van der Waals surface area contributed by atoms with Crippen molar-refractivity contribution in [3.05, 3.63) is 18.2 Å². The van der Waals surface area contributed by atoms with Crippen LogP contribution in [0.3, 0.4) is 0 Å². The molecule has 4 fully saturated rings. The molecule has 1 aromatic rings. The van der Waals surface area contributed by atoms with Gasteiger partial charge in [0.25, 0.3) is 0 Å². The van der Waals surface area contributed by atoms with E-state index >= 15 is 0 Å². The number of carbonyl (C=O) groups is 2. The van der Waals surface area contributed by atoms with Crippen LogP contribution in [0.2, 0.25) is 0 Å². The Kier molecular flexibility index (Phi) is 6.01. The number of hydrogen-bond acceptors (Lipinski definition) is 5. The van der Waals surface area contributed by atoms with Crippen LogP contribution in [-0.2, 0) is 27.9 Å². The van der Waals surface area contributed by atoms with Crippen LogP contribution in [0.5, 0.6) is 0 Å². The summed E-state index contributed by atoms with van der Waals surface area (Å²) in [6.45, 7) is 5.89. The van der Waals surface area contributed by atoms with E-state index in [1.807, 2.05) is 29.4 Å². The Morgan fingerprint density at radius 3 is 2.29 bits per heavy atom. The molecule has 0 unspecified atom stereocenters. The number of aryl methyl sites for hydroxylation is 1. The maximum atomic E-state index is 13.0. The summed E-state index contributed by atoms with van der Waals surface area (Å²) in [5, 5.41) is 0. The zero-order valence-corrected chi connectivity index (χ0v) is 18.6. The van der Waals surface area contributed by atoms with Gasteiger partial charge in [-0.05, 0) is 31.6 Å². The molecule has 4 atom stereocenters. The third-order valence-electron chi connectivity index (χ3n) is 7.85. The van der Waals surface area contributed by atoms with Crippen molar-refractivity contribution in [2.75, 3.05) is 39.3 Å². The number of fused-ring (bicyclic) bond motifs is 1. The average molecular weight is 430 g/mol. The number of hydrogen-bond donors (Lipinski definition) is 0. The summed E-state index contributed by atoms with van der Waals surface area (Å²) in [6.07, 6.45) is 9.14. The second-order valence-corrected chi connectivity index (χ2v) is 9.79. The van der Waals surface area contributed by atoms with E-state index in [0.29, 0.717) is 19.4 Å². The molecule has 0 radical (unpaired) electrons. The molecule has 2 amide bonds. The van der Waals surface area contributed by atoms with Gasteiger partial charge in [-0.25, -0.2) is 4.98 Å². The van der Waals surface area contributed by atoms with Crippen molar-refractivity contribution in [3.63, 3.8) is 0 Å². The van der Waals surface area contributed by atoms with Gasteiger partial charge in [0.1, 0.15) is 0 Å². The topological polar surface area (TPSA) is 70.9 Å². The second-order valence-electron chi connectivity index (χ2n) is 9.79. The van der Waals surface area contributed by atoms with Gasteiger partial charge in [-0.2, -0.15) is 0 Å². The largest absolute Gasteiger partial charge is 0.376 e. The first-order valence-electron chi connectivity index (χ1n) is 12.0. The van der Waals surface area contributed by atoms with Gasteiger partial charge in [0, 0.05) is 70.9 Å². The predicted molar refractivity (Wildman–Crippen MR) is 115 cm³/mol. The lowest BCUT2D eigenvalue weighted by Gasteiger charge is -2.26. The summed E-state index contributed by atoms with van der Waals surface area (Å²) in [5.41, 5.74) is 1.17. The lowest BCUT2D eigenvalue weighted by Crippen LogP contribution is -2.37. The van der Waals surface area contributed by atoms with Gasteiger partial charge in [0.05, 0.1) is 31.2 Å². The molecule has 5 rings (SSSR count). The Morgan fingerprint density at radius 1 is 1.03 bits per heavy atom. The molecule has 0 aromatic carbocycles. The van der Waals surface area contributed by atoms with Crippen LogP contribution in [0.25, 0.3) is 0 Å². The smallest absolute Gasteiger partial charge is 0.225 e. The highest BCUT2D eigenvalue weighted by molar-refractivity contribution is 5.78. The van der Waals surface area contributed by atoms with Crippen molar-refractivity contribution in [1.82, 2.24) is 24.3 Å². The quantitative estimate of drug-likeness (QED) is 0.681. The van der Waals surface area contributed by atoms with Crippen molar-refractivity contribution < 1.29 is 14.3 Å². The van der Waals surface area contributed by atoms with Crippen LogP contribution in [0.15, 0.2) is 12.5 Å². The second kappa shape index (κ2) is 8.90. The van der Waals surface area contributed by atoms with Crippen molar-refractivity contribution in [2.45, 2.75) is 57.2 Å². The van der Waals surface area contributed by atoms with E-state index < -0.39 is 0 Å². The molecule has 1 aromatic heterocycles. The summed E-state index contributed by atoms with van der Waals surface area (Å²) < 4.78 is 8.29. The van der Waals surface area contributed by atoms with E-state index in [4.69, 9.17) is 4.74 Å². The van der Waals surface area contributed by atoms with Crippen LogP contribution >= 0.6 is 0 Å². The summed E-state index contributed by atoms with van der Waals surface area (Å²) in [4.78, 5) is 36.6. The first-order chi connectivity index (χ1) is 15.1. The molecule has 4 aliphatic heterocycles. The summed E-state index contributed by atoms with van der Waals surface area (Å²) in [7, 11) is 2.02. The van der Waals surface area contributed by atoms with Crippen molar-refractivity contribution in [3.8, 4) is 0 Å². The molecule has 4 saturated heterocycles. The number of likely N-dealkylation sites (tertiary alicyclic amines) is 3. The highest BCUT2D eigenvalue weighted by atomic mass is 16.5. The Morgan fingerprint density at radius 2 is 1.68 bits per heavy atom. The molecular formula is C23H35N5O3. The van der Waals surface area contributed by atoms with E-state index in [2.05, 4.69) is 14.5 Å².